The molecule has 146 valence electrons. The molecule has 6 heteroatoms. The highest BCUT2D eigenvalue weighted by atomic mass is 35.5. The van der Waals surface area contributed by atoms with Crippen LogP contribution in [0.4, 0.5) is 17.2 Å². The lowest BCUT2D eigenvalue weighted by Gasteiger charge is -2.27. The van der Waals surface area contributed by atoms with E-state index in [0.29, 0.717) is 5.02 Å². The van der Waals surface area contributed by atoms with Crippen molar-refractivity contribution >= 4 is 39.6 Å². The molecule has 0 bridgehead atoms. The van der Waals surface area contributed by atoms with Crippen molar-refractivity contribution < 1.29 is 0 Å². The summed E-state index contributed by atoms with van der Waals surface area (Å²) >= 11 is 6.16. The number of para-hydroxylation sites is 1. The molecule has 0 N–H and O–H groups in total. The first-order chi connectivity index (χ1) is 14.7. The van der Waals surface area contributed by atoms with Crippen LogP contribution in [0.25, 0.3) is 16.6 Å². The normalized spacial score (nSPS) is 11.0. The van der Waals surface area contributed by atoms with Crippen LogP contribution in [0.15, 0.2) is 91.5 Å². The molecule has 2 heterocycles. The zero-order valence-electron chi connectivity index (χ0n) is 16.3. The first-order valence-electron chi connectivity index (χ1n) is 9.57. The monoisotopic (exact) mass is 411 g/mol. The number of benzene rings is 3. The quantitative estimate of drug-likeness (QED) is 0.351. The Balaban J connectivity index is 1.79. The van der Waals surface area contributed by atoms with E-state index in [1.807, 2.05) is 59.3 Å². The molecule has 30 heavy (non-hydrogen) atoms. The van der Waals surface area contributed by atoms with Gasteiger partial charge in [0.15, 0.2) is 11.6 Å². The molecule has 0 saturated heterocycles. The highest BCUT2D eigenvalue weighted by Gasteiger charge is 2.20. The van der Waals surface area contributed by atoms with Crippen LogP contribution >= 0.6 is 11.6 Å². The van der Waals surface area contributed by atoms with Gasteiger partial charge in [-0.1, -0.05) is 54.1 Å². The fraction of sp³-hybridized carbons (Fsp3) is 0.0417. The standard InChI is InChI=1S/C24H18ClN5/c1-17-6-2-5-9-22(17)30(19-12-10-18(25)11-13-19)24-21-8-4-3-7-20(21)23(27-28-24)29-15-14-26-16-29/h2-16H,1H3. The Labute approximate surface area is 179 Å². The third-order valence-electron chi connectivity index (χ3n) is 5.05. The van der Waals surface area contributed by atoms with Crippen molar-refractivity contribution in [1.29, 1.82) is 0 Å². The number of aromatic nitrogens is 4. The zero-order valence-corrected chi connectivity index (χ0v) is 17.0. The lowest BCUT2D eigenvalue weighted by atomic mass is 10.1. The Hall–Kier alpha value is -3.70. The van der Waals surface area contributed by atoms with Gasteiger partial charge in [-0.2, -0.15) is 0 Å². The first kappa shape index (κ1) is 18.3. The lowest BCUT2D eigenvalue weighted by Crippen LogP contribution is -2.15. The number of fused-ring (bicyclic) bond motifs is 1. The van der Waals surface area contributed by atoms with Gasteiger partial charge in [0.2, 0.25) is 0 Å². The number of nitrogens with zero attached hydrogens (tertiary/aromatic N) is 5. The summed E-state index contributed by atoms with van der Waals surface area (Å²) in [5.41, 5.74) is 3.13. The highest BCUT2D eigenvalue weighted by Crippen LogP contribution is 2.39. The molecule has 0 saturated carbocycles. The van der Waals surface area contributed by atoms with Gasteiger partial charge in [0, 0.05) is 33.9 Å². The van der Waals surface area contributed by atoms with Gasteiger partial charge in [0.25, 0.3) is 0 Å². The first-order valence-corrected chi connectivity index (χ1v) is 9.95. The van der Waals surface area contributed by atoms with Crippen LogP contribution in [0.2, 0.25) is 5.02 Å². The van der Waals surface area contributed by atoms with Gasteiger partial charge in [-0.15, -0.1) is 10.2 Å². The number of hydrogen-bond donors (Lipinski definition) is 0. The van der Waals surface area contributed by atoms with E-state index in [1.165, 1.54) is 0 Å². The lowest BCUT2D eigenvalue weighted by molar-refractivity contribution is 0.923. The summed E-state index contributed by atoms with van der Waals surface area (Å²) < 4.78 is 1.87. The molecule has 5 rings (SSSR count). The van der Waals surface area contributed by atoms with E-state index in [1.54, 1.807) is 12.5 Å². The second-order valence-electron chi connectivity index (χ2n) is 6.96. The molecule has 0 spiro atoms. The number of aryl methyl sites for hydroxylation is 1. The molecule has 0 aliphatic rings. The van der Waals surface area contributed by atoms with Crippen molar-refractivity contribution in [3.63, 3.8) is 0 Å². The van der Waals surface area contributed by atoms with Gasteiger partial charge in [-0.05, 0) is 42.8 Å². The topological polar surface area (TPSA) is 46.8 Å². The van der Waals surface area contributed by atoms with Crippen LogP contribution < -0.4 is 4.90 Å². The van der Waals surface area contributed by atoms with Crippen LogP contribution in [0.1, 0.15) is 5.56 Å². The van der Waals surface area contributed by atoms with Crippen molar-refractivity contribution in [2.24, 2.45) is 0 Å². The van der Waals surface area contributed by atoms with Crippen molar-refractivity contribution in [3.05, 3.63) is 102 Å². The largest absolute Gasteiger partial charge is 0.293 e. The Morgan fingerprint density at radius 3 is 2.30 bits per heavy atom. The maximum absolute atomic E-state index is 6.16. The molecule has 0 atom stereocenters. The number of anilines is 3. The molecule has 5 aromatic rings. The van der Waals surface area contributed by atoms with Gasteiger partial charge >= 0.3 is 0 Å². The SMILES string of the molecule is Cc1ccccc1N(c1ccc(Cl)cc1)c1nnc(-n2ccnc2)c2ccccc12. The Bertz CT molecular complexity index is 1310. The smallest absolute Gasteiger partial charge is 0.168 e. The van der Waals surface area contributed by atoms with Gasteiger partial charge in [0.1, 0.15) is 6.33 Å². The van der Waals surface area contributed by atoms with Crippen LogP contribution in [0, 0.1) is 6.92 Å². The Kier molecular flexibility index (Phi) is 4.65. The second kappa shape index (κ2) is 7.61. The van der Waals surface area contributed by atoms with Crippen molar-refractivity contribution in [3.8, 4) is 5.82 Å². The van der Waals surface area contributed by atoms with E-state index in [2.05, 4.69) is 51.3 Å². The minimum absolute atomic E-state index is 0.690. The van der Waals surface area contributed by atoms with Gasteiger partial charge in [-0.25, -0.2) is 4.98 Å². The van der Waals surface area contributed by atoms with E-state index >= 15 is 0 Å². The molecule has 3 aromatic carbocycles. The summed E-state index contributed by atoms with van der Waals surface area (Å²) in [6.07, 6.45) is 5.33. The average molecular weight is 412 g/mol. The number of imidazole rings is 1. The Morgan fingerprint density at radius 1 is 0.833 bits per heavy atom. The van der Waals surface area contributed by atoms with Gasteiger partial charge in [-0.3, -0.25) is 9.47 Å². The predicted octanol–water partition coefficient (Wildman–Crippen LogP) is 6.25. The summed E-state index contributed by atoms with van der Waals surface area (Å²) in [6.45, 7) is 2.09. The van der Waals surface area contributed by atoms with Crippen LogP contribution in [0.5, 0.6) is 0 Å². The third kappa shape index (κ3) is 3.19. The summed E-state index contributed by atoms with van der Waals surface area (Å²) in [6, 6.07) is 24.2. The molecule has 0 amide bonds. The van der Waals surface area contributed by atoms with Crippen LogP contribution in [-0.4, -0.2) is 19.7 Å². The van der Waals surface area contributed by atoms with E-state index in [9.17, 15) is 0 Å². The average Bonchev–Trinajstić information content (AvgIpc) is 3.31. The fourth-order valence-electron chi connectivity index (χ4n) is 3.60. The molecule has 0 fully saturated rings. The fourth-order valence-corrected chi connectivity index (χ4v) is 3.72. The van der Waals surface area contributed by atoms with E-state index < -0.39 is 0 Å². The van der Waals surface area contributed by atoms with E-state index in [-0.39, 0.29) is 0 Å². The van der Waals surface area contributed by atoms with Crippen molar-refractivity contribution in [2.75, 3.05) is 4.90 Å². The molecule has 0 unspecified atom stereocenters. The molecule has 0 radical (unpaired) electrons. The van der Waals surface area contributed by atoms with E-state index in [4.69, 9.17) is 11.6 Å². The minimum Gasteiger partial charge on any atom is -0.293 e. The van der Waals surface area contributed by atoms with Crippen molar-refractivity contribution in [1.82, 2.24) is 19.7 Å². The summed E-state index contributed by atoms with van der Waals surface area (Å²) in [4.78, 5) is 6.27. The zero-order chi connectivity index (χ0) is 20.5. The summed E-state index contributed by atoms with van der Waals surface area (Å²) in [5.74, 6) is 1.50. The number of halogens is 1. The van der Waals surface area contributed by atoms with Crippen LogP contribution in [0.3, 0.4) is 0 Å². The van der Waals surface area contributed by atoms with Crippen LogP contribution in [-0.2, 0) is 0 Å². The number of hydrogen-bond acceptors (Lipinski definition) is 4. The predicted molar refractivity (Wildman–Crippen MR) is 121 cm³/mol. The summed E-state index contributed by atoms with van der Waals surface area (Å²) in [7, 11) is 0. The third-order valence-corrected chi connectivity index (χ3v) is 5.30. The maximum Gasteiger partial charge on any atom is 0.168 e. The van der Waals surface area contributed by atoms with Crippen molar-refractivity contribution in [2.45, 2.75) is 6.92 Å². The molecule has 2 aromatic heterocycles. The molecule has 0 aliphatic carbocycles. The molecular formula is C24H18ClN5. The Morgan fingerprint density at radius 2 is 1.57 bits per heavy atom. The molecule has 5 nitrogen and oxygen atoms in total. The van der Waals surface area contributed by atoms with Gasteiger partial charge in [0.05, 0.1) is 5.69 Å². The summed E-state index contributed by atoms with van der Waals surface area (Å²) in [5, 5.41) is 11.9. The molecular weight excluding hydrogens is 394 g/mol. The molecule has 0 aliphatic heterocycles. The minimum atomic E-state index is 0.690. The number of rotatable bonds is 4. The second-order valence-corrected chi connectivity index (χ2v) is 7.40. The van der Waals surface area contributed by atoms with Gasteiger partial charge < -0.3 is 0 Å². The highest BCUT2D eigenvalue weighted by molar-refractivity contribution is 6.30. The maximum atomic E-state index is 6.16. The van der Waals surface area contributed by atoms with E-state index in [0.717, 1.165) is 39.3 Å².